The van der Waals surface area contributed by atoms with Crippen molar-refractivity contribution >= 4 is 11.7 Å². The van der Waals surface area contributed by atoms with E-state index >= 15 is 0 Å². The summed E-state index contributed by atoms with van der Waals surface area (Å²) >= 11 is 0. The van der Waals surface area contributed by atoms with Gasteiger partial charge < -0.3 is 28.8 Å². The molecule has 3 aromatic heterocycles. The van der Waals surface area contributed by atoms with E-state index in [1.54, 1.807) is 43.7 Å². The first-order valence-corrected chi connectivity index (χ1v) is 12.3. The molecule has 3 rings (SSSR count). The molecule has 0 aliphatic carbocycles. The SMILES string of the molecule is C=CCCOc1nc(-c2cc([C@@H](C)N(CC)C(=O)NC(CC=C)COC)ncc2OC)cn2ccnc12. The molecule has 0 aliphatic rings. The first kappa shape index (κ1) is 27.7. The normalized spacial score (nSPS) is 12.5. The standard InChI is InChI=1S/C27H36N6O4/c1-7-10-14-37-26-25-28-12-13-32(25)17-23(31-26)21-15-22(29-16-24(21)36-6)19(4)33(9-3)27(34)30-20(11-8-2)18-35-5/h7-8,12-13,15-17,19-20H,1-2,9-11,14,18H2,3-6H3,(H,30,34)/t19-,20?/m1/s1. The molecule has 37 heavy (non-hydrogen) atoms. The Hall–Kier alpha value is -3.92. The third-order valence-corrected chi connectivity index (χ3v) is 5.93. The van der Waals surface area contributed by atoms with Crippen LogP contribution in [-0.2, 0) is 4.74 Å². The Balaban J connectivity index is 1.95. The van der Waals surface area contributed by atoms with Crippen LogP contribution in [0.4, 0.5) is 4.79 Å². The van der Waals surface area contributed by atoms with E-state index in [1.165, 1.54) is 0 Å². The predicted molar refractivity (Wildman–Crippen MR) is 143 cm³/mol. The van der Waals surface area contributed by atoms with Crippen molar-refractivity contribution in [2.75, 3.05) is 34.0 Å². The molecular formula is C27H36N6O4. The average molecular weight is 509 g/mol. The lowest BCUT2D eigenvalue weighted by atomic mass is 10.1. The van der Waals surface area contributed by atoms with E-state index in [-0.39, 0.29) is 18.1 Å². The van der Waals surface area contributed by atoms with Gasteiger partial charge in [-0.1, -0.05) is 12.2 Å². The van der Waals surface area contributed by atoms with Gasteiger partial charge in [-0.25, -0.2) is 14.8 Å². The van der Waals surface area contributed by atoms with E-state index in [9.17, 15) is 4.79 Å². The highest BCUT2D eigenvalue weighted by Crippen LogP contribution is 2.33. The highest BCUT2D eigenvalue weighted by atomic mass is 16.5. The number of pyridine rings is 1. The van der Waals surface area contributed by atoms with Crippen molar-refractivity contribution in [2.45, 2.75) is 38.8 Å². The smallest absolute Gasteiger partial charge is 0.318 e. The van der Waals surface area contributed by atoms with Gasteiger partial charge in [0.1, 0.15) is 5.75 Å². The molecule has 0 fully saturated rings. The van der Waals surface area contributed by atoms with Crippen LogP contribution < -0.4 is 14.8 Å². The van der Waals surface area contributed by atoms with Crippen LogP contribution in [0.2, 0.25) is 0 Å². The minimum Gasteiger partial charge on any atom is -0.494 e. The van der Waals surface area contributed by atoms with Gasteiger partial charge in [-0.15, -0.1) is 13.2 Å². The number of nitrogens with zero attached hydrogens (tertiary/aromatic N) is 5. The molecular weight excluding hydrogens is 472 g/mol. The topological polar surface area (TPSA) is 103 Å². The van der Waals surface area contributed by atoms with E-state index < -0.39 is 0 Å². The van der Waals surface area contributed by atoms with Crippen molar-refractivity contribution < 1.29 is 19.0 Å². The van der Waals surface area contributed by atoms with Crippen LogP contribution in [0.15, 0.2) is 56.2 Å². The lowest BCUT2D eigenvalue weighted by Gasteiger charge is -2.30. The van der Waals surface area contributed by atoms with Gasteiger partial charge in [-0.3, -0.25) is 4.98 Å². The minimum atomic E-state index is -0.318. The summed E-state index contributed by atoms with van der Waals surface area (Å²) in [6.45, 7) is 12.7. The van der Waals surface area contributed by atoms with E-state index in [0.29, 0.717) is 61.3 Å². The minimum absolute atomic E-state index is 0.166. The summed E-state index contributed by atoms with van der Waals surface area (Å²) in [7, 11) is 3.19. The Labute approximate surface area is 218 Å². The molecule has 0 bridgehead atoms. The van der Waals surface area contributed by atoms with Crippen LogP contribution in [0.25, 0.3) is 16.9 Å². The van der Waals surface area contributed by atoms with Gasteiger partial charge in [0.05, 0.1) is 50.0 Å². The summed E-state index contributed by atoms with van der Waals surface area (Å²) in [6, 6.07) is 1.21. The third-order valence-electron chi connectivity index (χ3n) is 5.93. The van der Waals surface area contributed by atoms with E-state index in [4.69, 9.17) is 19.2 Å². The van der Waals surface area contributed by atoms with Gasteiger partial charge >= 0.3 is 6.03 Å². The Morgan fingerprint density at radius 3 is 2.76 bits per heavy atom. The second-order valence-electron chi connectivity index (χ2n) is 8.41. The molecule has 1 unspecified atom stereocenters. The third kappa shape index (κ3) is 6.65. The molecule has 2 amide bonds. The molecule has 0 aromatic carbocycles. The zero-order valence-electron chi connectivity index (χ0n) is 22.0. The summed E-state index contributed by atoms with van der Waals surface area (Å²) < 4.78 is 18.6. The number of carbonyl (C=O) groups is 1. The highest BCUT2D eigenvalue weighted by molar-refractivity contribution is 5.75. The van der Waals surface area contributed by atoms with Gasteiger partial charge in [-0.2, -0.15) is 0 Å². The van der Waals surface area contributed by atoms with E-state index in [2.05, 4.69) is 28.4 Å². The molecule has 10 nitrogen and oxygen atoms in total. The number of methoxy groups -OCH3 is 2. The first-order valence-electron chi connectivity index (χ1n) is 12.3. The molecule has 0 radical (unpaired) electrons. The molecule has 3 aromatic rings. The predicted octanol–water partition coefficient (Wildman–Crippen LogP) is 4.44. The molecule has 0 spiro atoms. The number of hydrogen-bond acceptors (Lipinski definition) is 7. The van der Waals surface area contributed by atoms with Crippen molar-refractivity contribution in [3.8, 4) is 22.9 Å². The Bertz CT molecular complexity index is 1210. The fraction of sp³-hybridized carbons (Fsp3) is 0.407. The van der Waals surface area contributed by atoms with Gasteiger partial charge in [0.15, 0.2) is 0 Å². The summed E-state index contributed by atoms with van der Waals surface area (Å²) in [5.41, 5.74) is 2.67. The number of carbonyl (C=O) groups excluding carboxylic acids is 1. The number of nitrogens with one attached hydrogen (secondary N) is 1. The number of fused-ring (bicyclic) bond motifs is 1. The fourth-order valence-electron chi connectivity index (χ4n) is 4.00. The fourth-order valence-corrected chi connectivity index (χ4v) is 4.00. The van der Waals surface area contributed by atoms with Crippen molar-refractivity contribution in [2.24, 2.45) is 0 Å². The summed E-state index contributed by atoms with van der Waals surface area (Å²) in [6.07, 6.45) is 11.9. The zero-order valence-corrected chi connectivity index (χ0v) is 22.0. The molecule has 0 saturated carbocycles. The summed E-state index contributed by atoms with van der Waals surface area (Å²) in [5, 5.41) is 3.03. The highest BCUT2D eigenvalue weighted by Gasteiger charge is 2.25. The van der Waals surface area contributed by atoms with Crippen LogP contribution in [0.3, 0.4) is 0 Å². The van der Waals surface area contributed by atoms with Gasteiger partial charge in [0, 0.05) is 37.8 Å². The van der Waals surface area contributed by atoms with Gasteiger partial charge in [0.2, 0.25) is 5.65 Å². The lowest BCUT2D eigenvalue weighted by Crippen LogP contribution is -2.47. The number of rotatable bonds is 14. The lowest BCUT2D eigenvalue weighted by molar-refractivity contribution is 0.148. The van der Waals surface area contributed by atoms with Crippen LogP contribution >= 0.6 is 0 Å². The van der Waals surface area contributed by atoms with Crippen LogP contribution in [0, 0.1) is 0 Å². The molecule has 198 valence electrons. The van der Waals surface area contributed by atoms with Crippen LogP contribution in [0.5, 0.6) is 11.6 Å². The molecule has 3 heterocycles. The largest absolute Gasteiger partial charge is 0.494 e. The number of imidazole rings is 1. The average Bonchev–Trinajstić information content (AvgIpc) is 3.38. The number of urea groups is 1. The number of aromatic nitrogens is 4. The quantitative estimate of drug-likeness (QED) is 0.254. The van der Waals surface area contributed by atoms with Crippen molar-refractivity contribution in [3.05, 3.63) is 61.9 Å². The van der Waals surface area contributed by atoms with E-state index in [1.807, 2.05) is 36.7 Å². The maximum absolute atomic E-state index is 13.1. The number of amides is 2. The number of hydrogen-bond donors (Lipinski definition) is 1. The maximum Gasteiger partial charge on any atom is 0.318 e. The van der Waals surface area contributed by atoms with Crippen molar-refractivity contribution in [3.63, 3.8) is 0 Å². The Kier molecular flexibility index (Phi) is 10.0. The van der Waals surface area contributed by atoms with Gasteiger partial charge in [0.25, 0.3) is 5.88 Å². The summed E-state index contributed by atoms with van der Waals surface area (Å²) in [4.78, 5) is 28.6. The van der Waals surface area contributed by atoms with Crippen LogP contribution in [0.1, 0.15) is 38.4 Å². The zero-order chi connectivity index (χ0) is 26.8. The van der Waals surface area contributed by atoms with Crippen LogP contribution in [-0.4, -0.2) is 70.3 Å². The van der Waals surface area contributed by atoms with E-state index in [0.717, 1.165) is 5.56 Å². The second-order valence-corrected chi connectivity index (χ2v) is 8.41. The molecule has 2 atom stereocenters. The molecule has 10 heteroatoms. The second kappa shape index (κ2) is 13.4. The first-order chi connectivity index (χ1) is 18.0. The van der Waals surface area contributed by atoms with Crippen molar-refractivity contribution in [1.29, 1.82) is 0 Å². The summed E-state index contributed by atoms with van der Waals surface area (Å²) in [5.74, 6) is 0.970. The Morgan fingerprint density at radius 1 is 1.27 bits per heavy atom. The number of ether oxygens (including phenoxy) is 3. The molecule has 1 N–H and O–H groups in total. The van der Waals surface area contributed by atoms with Gasteiger partial charge in [-0.05, 0) is 32.8 Å². The maximum atomic E-state index is 13.1. The molecule has 0 aliphatic heterocycles. The van der Waals surface area contributed by atoms with Crippen molar-refractivity contribution in [1.82, 2.24) is 29.6 Å². The Morgan fingerprint density at radius 2 is 2.08 bits per heavy atom. The molecule has 0 saturated heterocycles. The monoisotopic (exact) mass is 508 g/mol.